The molecular formula is C11H17N2O6P. The molecule has 0 aromatic heterocycles. The van der Waals surface area contributed by atoms with Gasteiger partial charge in [0.05, 0.1) is 5.54 Å². The molecule has 1 rings (SSSR count). The standard InChI is InChI=1S/C11H17N2O6P/c1-7(14)11(2,13-12)6-8-3-4-9(15)10(5-8)19-20(16,17)18/h3-5,13,15H,6,12H2,1-2H3,(H2,16,17,18)/t11-/m0/s1. The van der Waals surface area contributed by atoms with Crippen LogP contribution in [0.3, 0.4) is 0 Å². The Morgan fingerprint density at radius 2 is 2.10 bits per heavy atom. The Bertz CT molecular complexity index is 558. The number of carbonyl (C=O) groups is 1. The van der Waals surface area contributed by atoms with E-state index in [9.17, 15) is 14.5 Å². The number of Topliss-reactive ketones (excluding diaryl/α,β-unsaturated/α-hetero) is 1. The summed E-state index contributed by atoms with van der Waals surface area (Å²) in [5.74, 6) is 4.37. The summed E-state index contributed by atoms with van der Waals surface area (Å²) in [4.78, 5) is 29.0. The van der Waals surface area contributed by atoms with Crippen LogP contribution in [0.4, 0.5) is 0 Å². The number of aromatic hydroxyl groups is 1. The van der Waals surface area contributed by atoms with Crippen LogP contribution in [0.15, 0.2) is 18.2 Å². The van der Waals surface area contributed by atoms with E-state index in [0.29, 0.717) is 5.56 Å². The van der Waals surface area contributed by atoms with Crippen LogP contribution in [0, 0.1) is 0 Å². The third kappa shape index (κ3) is 4.29. The SMILES string of the molecule is CC(=O)[C@](C)(Cc1ccc(O)c(OP(=O)(O)O)c1)NN. The molecule has 112 valence electrons. The number of ketones is 1. The fourth-order valence-corrected chi connectivity index (χ4v) is 1.96. The molecule has 1 atom stereocenters. The molecule has 0 aliphatic heterocycles. The first-order valence-electron chi connectivity index (χ1n) is 5.63. The highest BCUT2D eigenvalue weighted by atomic mass is 31.2. The van der Waals surface area contributed by atoms with Gasteiger partial charge in [-0.25, -0.2) is 9.99 Å². The lowest BCUT2D eigenvalue weighted by molar-refractivity contribution is -0.122. The largest absolute Gasteiger partial charge is 0.524 e. The lowest BCUT2D eigenvalue weighted by Gasteiger charge is -2.26. The normalized spacial score (nSPS) is 14.7. The third-order valence-corrected chi connectivity index (χ3v) is 3.33. The topological polar surface area (TPSA) is 142 Å². The summed E-state index contributed by atoms with van der Waals surface area (Å²) in [7, 11) is -4.78. The second-order valence-corrected chi connectivity index (χ2v) is 5.76. The average molecular weight is 304 g/mol. The third-order valence-electron chi connectivity index (χ3n) is 2.89. The van der Waals surface area contributed by atoms with E-state index in [1.54, 1.807) is 6.92 Å². The highest BCUT2D eigenvalue weighted by Crippen LogP contribution is 2.42. The fraction of sp³-hybridized carbons (Fsp3) is 0.364. The molecular weight excluding hydrogens is 287 g/mol. The predicted octanol–water partition coefficient (Wildman–Crippen LogP) is 0.217. The molecule has 1 aromatic rings. The number of hydrogen-bond acceptors (Lipinski definition) is 6. The van der Waals surface area contributed by atoms with Gasteiger partial charge in [0.2, 0.25) is 0 Å². The lowest BCUT2D eigenvalue weighted by atomic mass is 9.90. The number of benzene rings is 1. The first-order chi connectivity index (χ1) is 9.07. The average Bonchev–Trinajstić information content (AvgIpc) is 2.31. The molecule has 9 heteroatoms. The zero-order chi connectivity index (χ0) is 15.6. The Labute approximate surface area is 115 Å². The van der Waals surface area contributed by atoms with Gasteiger partial charge >= 0.3 is 7.82 Å². The second-order valence-electron chi connectivity index (χ2n) is 4.59. The summed E-state index contributed by atoms with van der Waals surface area (Å²) in [6.45, 7) is 2.96. The minimum absolute atomic E-state index is 0.163. The van der Waals surface area contributed by atoms with Crippen LogP contribution in [0.5, 0.6) is 11.5 Å². The number of nitrogens with one attached hydrogen (secondary N) is 1. The maximum Gasteiger partial charge on any atom is 0.524 e. The van der Waals surface area contributed by atoms with Crippen molar-refractivity contribution in [2.75, 3.05) is 0 Å². The van der Waals surface area contributed by atoms with E-state index < -0.39 is 19.1 Å². The molecule has 1 aromatic carbocycles. The van der Waals surface area contributed by atoms with Crippen LogP contribution < -0.4 is 15.8 Å². The Morgan fingerprint density at radius 1 is 1.50 bits per heavy atom. The van der Waals surface area contributed by atoms with E-state index in [-0.39, 0.29) is 18.0 Å². The van der Waals surface area contributed by atoms with Crippen LogP contribution in [-0.2, 0) is 15.8 Å². The van der Waals surface area contributed by atoms with Crippen molar-refractivity contribution in [3.05, 3.63) is 23.8 Å². The Hall–Kier alpha value is -1.44. The van der Waals surface area contributed by atoms with Crippen molar-refractivity contribution in [1.82, 2.24) is 5.43 Å². The monoisotopic (exact) mass is 304 g/mol. The first kappa shape index (κ1) is 16.6. The molecule has 0 spiro atoms. The smallest absolute Gasteiger partial charge is 0.504 e. The molecule has 0 aliphatic carbocycles. The molecule has 8 nitrogen and oxygen atoms in total. The van der Waals surface area contributed by atoms with Crippen LogP contribution >= 0.6 is 7.82 Å². The quantitative estimate of drug-likeness (QED) is 0.285. The number of phosphoric ester groups is 1. The summed E-state index contributed by atoms with van der Waals surface area (Å²) >= 11 is 0. The Kier molecular flexibility index (Phi) is 4.90. The van der Waals surface area contributed by atoms with Crippen LogP contribution in [0.25, 0.3) is 0 Å². The number of rotatable bonds is 6. The van der Waals surface area contributed by atoms with Crippen molar-refractivity contribution in [2.24, 2.45) is 5.84 Å². The summed E-state index contributed by atoms with van der Waals surface area (Å²) in [5, 5.41) is 9.49. The van der Waals surface area contributed by atoms with E-state index in [4.69, 9.17) is 15.6 Å². The predicted molar refractivity (Wildman–Crippen MR) is 70.9 cm³/mol. The van der Waals surface area contributed by atoms with Gasteiger partial charge in [-0.2, -0.15) is 0 Å². The fourth-order valence-electron chi connectivity index (χ4n) is 1.56. The number of carbonyl (C=O) groups excluding carboxylic acids is 1. The van der Waals surface area contributed by atoms with Gasteiger partial charge in [-0.05, 0) is 38.0 Å². The van der Waals surface area contributed by atoms with Gasteiger partial charge in [0, 0.05) is 0 Å². The van der Waals surface area contributed by atoms with Gasteiger partial charge in [0.1, 0.15) is 0 Å². The number of phenolic OH excluding ortho intramolecular Hbond substituents is 1. The van der Waals surface area contributed by atoms with Crippen molar-refractivity contribution < 1.29 is 28.8 Å². The van der Waals surface area contributed by atoms with E-state index >= 15 is 0 Å². The van der Waals surface area contributed by atoms with Crippen LogP contribution in [-0.4, -0.2) is 26.2 Å². The number of phosphoric acid groups is 1. The van der Waals surface area contributed by atoms with Crippen molar-refractivity contribution in [3.63, 3.8) is 0 Å². The number of nitrogens with two attached hydrogens (primary N) is 1. The summed E-state index contributed by atoms with van der Waals surface area (Å²) in [6, 6.07) is 3.96. The highest BCUT2D eigenvalue weighted by Gasteiger charge is 2.29. The van der Waals surface area contributed by atoms with Gasteiger partial charge in [0.15, 0.2) is 17.3 Å². The molecule has 20 heavy (non-hydrogen) atoms. The van der Waals surface area contributed by atoms with E-state index in [2.05, 4.69) is 9.95 Å². The summed E-state index contributed by atoms with van der Waals surface area (Å²) in [6.07, 6.45) is 0.163. The minimum atomic E-state index is -4.78. The molecule has 0 saturated heterocycles. The van der Waals surface area contributed by atoms with Gasteiger partial charge in [-0.15, -0.1) is 0 Å². The lowest BCUT2D eigenvalue weighted by Crippen LogP contribution is -2.53. The molecule has 0 heterocycles. The second kappa shape index (κ2) is 5.90. The maximum atomic E-state index is 11.5. The molecule has 0 radical (unpaired) electrons. The molecule has 0 fully saturated rings. The highest BCUT2D eigenvalue weighted by molar-refractivity contribution is 7.46. The van der Waals surface area contributed by atoms with E-state index in [0.717, 1.165) is 0 Å². The van der Waals surface area contributed by atoms with Crippen molar-refractivity contribution in [3.8, 4) is 11.5 Å². The molecule has 0 saturated carbocycles. The Morgan fingerprint density at radius 3 is 2.55 bits per heavy atom. The molecule has 6 N–H and O–H groups in total. The van der Waals surface area contributed by atoms with Gasteiger partial charge in [-0.1, -0.05) is 6.07 Å². The zero-order valence-corrected chi connectivity index (χ0v) is 11.9. The molecule has 0 amide bonds. The number of hydrogen-bond donors (Lipinski definition) is 5. The number of phenols is 1. The van der Waals surface area contributed by atoms with E-state index in [1.165, 1.54) is 25.1 Å². The maximum absolute atomic E-state index is 11.5. The summed E-state index contributed by atoms with van der Waals surface area (Å²) < 4.78 is 15.2. The minimum Gasteiger partial charge on any atom is -0.504 e. The van der Waals surface area contributed by atoms with Gasteiger partial charge in [-0.3, -0.25) is 20.4 Å². The van der Waals surface area contributed by atoms with Crippen LogP contribution in [0.1, 0.15) is 19.4 Å². The molecule has 0 unspecified atom stereocenters. The van der Waals surface area contributed by atoms with Crippen molar-refractivity contribution in [2.45, 2.75) is 25.8 Å². The van der Waals surface area contributed by atoms with Crippen molar-refractivity contribution in [1.29, 1.82) is 0 Å². The Balaban J connectivity index is 3.07. The molecule has 0 bridgehead atoms. The van der Waals surface area contributed by atoms with E-state index in [1.807, 2.05) is 0 Å². The number of hydrazine groups is 1. The van der Waals surface area contributed by atoms with Crippen molar-refractivity contribution >= 4 is 13.6 Å². The zero-order valence-electron chi connectivity index (χ0n) is 11.0. The molecule has 0 aliphatic rings. The first-order valence-corrected chi connectivity index (χ1v) is 7.16. The van der Waals surface area contributed by atoms with Gasteiger partial charge in [0.25, 0.3) is 0 Å². The van der Waals surface area contributed by atoms with Gasteiger partial charge < -0.3 is 9.63 Å². The van der Waals surface area contributed by atoms with Crippen LogP contribution in [0.2, 0.25) is 0 Å². The summed E-state index contributed by atoms with van der Waals surface area (Å²) in [5.41, 5.74) is 1.89.